The molecule has 0 fully saturated rings. The molecule has 0 aliphatic heterocycles. The van der Waals surface area contributed by atoms with Gasteiger partial charge in [0.2, 0.25) is 15.9 Å². The molecule has 0 aromatic heterocycles. The quantitative estimate of drug-likeness (QED) is 0.628. The molecule has 6 nitrogen and oxygen atoms in total. The van der Waals surface area contributed by atoms with E-state index in [0.29, 0.717) is 11.3 Å². The number of rotatable bonds is 6. The Morgan fingerprint density at radius 3 is 2.41 bits per heavy atom. The summed E-state index contributed by atoms with van der Waals surface area (Å²) >= 11 is 0. The van der Waals surface area contributed by atoms with Crippen molar-refractivity contribution in [3.8, 4) is 5.75 Å². The molecule has 0 aliphatic rings. The molecule has 0 unspecified atom stereocenters. The van der Waals surface area contributed by atoms with Crippen LogP contribution in [0.5, 0.6) is 5.75 Å². The van der Waals surface area contributed by atoms with E-state index in [0.717, 1.165) is 15.1 Å². The van der Waals surface area contributed by atoms with Gasteiger partial charge in [-0.3, -0.25) is 4.79 Å². The number of amides is 1. The average Bonchev–Trinajstić information content (AvgIpc) is 2.71. The summed E-state index contributed by atoms with van der Waals surface area (Å²) < 4.78 is 31.3. The minimum Gasteiger partial charge on any atom is -0.495 e. The predicted octanol–water partition coefficient (Wildman–Crippen LogP) is 3.75. The second-order valence-corrected chi connectivity index (χ2v) is 8.70. The summed E-state index contributed by atoms with van der Waals surface area (Å²) in [6, 6.07) is 18.3. The Morgan fingerprint density at radius 1 is 1.00 bits per heavy atom. The van der Waals surface area contributed by atoms with Crippen LogP contribution in [0.15, 0.2) is 71.6 Å². The van der Waals surface area contributed by atoms with Crippen LogP contribution in [0.4, 0.5) is 5.69 Å². The van der Waals surface area contributed by atoms with E-state index in [-0.39, 0.29) is 16.6 Å². The minimum absolute atomic E-state index is 0.0436. The Morgan fingerprint density at radius 2 is 1.72 bits per heavy atom. The number of sulfonamides is 1. The van der Waals surface area contributed by atoms with Crippen LogP contribution in [0.25, 0.3) is 16.8 Å². The first kappa shape index (κ1) is 20.6. The standard InChI is InChI=1S/C22H22N2O4S/c1-24(2)29(26,27)21-14-16(8-12-20(21)28-3)9-13-22(25)23-19-11-10-17-6-4-5-7-18(17)15-19/h4-15H,1-3H3,(H,23,25)/b13-9+. The first-order valence-electron chi connectivity index (χ1n) is 8.90. The van der Waals surface area contributed by atoms with Gasteiger partial charge in [0.15, 0.2) is 0 Å². The molecule has 29 heavy (non-hydrogen) atoms. The van der Waals surface area contributed by atoms with Crippen molar-refractivity contribution in [2.75, 3.05) is 26.5 Å². The fourth-order valence-corrected chi connectivity index (χ4v) is 3.90. The molecule has 0 saturated carbocycles. The van der Waals surface area contributed by atoms with Crippen LogP contribution >= 0.6 is 0 Å². The molecule has 0 bridgehead atoms. The van der Waals surface area contributed by atoms with Crippen molar-refractivity contribution in [1.82, 2.24) is 4.31 Å². The van der Waals surface area contributed by atoms with E-state index in [1.54, 1.807) is 18.2 Å². The van der Waals surface area contributed by atoms with Crippen LogP contribution in [0.1, 0.15) is 5.56 Å². The Kier molecular flexibility index (Phi) is 6.00. The molecule has 3 aromatic rings. The largest absolute Gasteiger partial charge is 0.495 e. The highest BCUT2D eigenvalue weighted by atomic mass is 32.2. The zero-order chi connectivity index (χ0) is 21.0. The van der Waals surface area contributed by atoms with Gasteiger partial charge in [-0.1, -0.05) is 36.4 Å². The Bertz CT molecular complexity index is 1180. The van der Waals surface area contributed by atoms with Crippen molar-refractivity contribution < 1.29 is 17.9 Å². The highest BCUT2D eigenvalue weighted by Gasteiger charge is 2.22. The van der Waals surface area contributed by atoms with Gasteiger partial charge < -0.3 is 10.1 Å². The molecular formula is C22H22N2O4S. The van der Waals surface area contributed by atoms with E-state index in [4.69, 9.17) is 4.74 Å². The number of hydrogen-bond donors (Lipinski definition) is 1. The summed E-state index contributed by atoms with van der Waals surface area (Å²) in [4.78, 5) is 12.3. The van der Waals surface area contributed by atoms with Crippen molar-refractivity contribution in [2.24, 2.45) is 0 Å². The van der Waals surface area contributed by atoms with Crippen LogP contribution in [0.3, 0.4) is 0 Å². The van der Waals surface area contributed by atoms with Crippen molar-refractivity contribution in [2.45, 2.75) is 4.90 Å². The Balaban J connectivity index is 1.80. The molecule has 0 heterocycles. The number of fused-ring (bicyclic) bond motifs is 1. The van der Waals surface area contributed by atoms with Crippen molar-refractivity contribution >= 4 is 38.5 Å². The molecule has 7 heteroatoms. The van der Waals surface area contributed by atoms with E-state index >= 15 is 0 Å². The van der Waals surface area contributed by atoms with Gasteiger partial charge in [-0.15, -0.1) is 0 Å². The second-order valence-electron chi connectivity index (χ2n) is 6.58. The lowest BCUT2D eigenvalue weighted by atomic mass is 10.1. The SMILES string of the molecule is COc1ccc(/C=C/C(=O)Nc2ccc3ccccc3c2)cc1S(=O)(=O)N(C)C. The van der Waals surface area contributed by atoms with E-state index in [2.05, 4.69) is 5.32 Å². The maximum atomic E-state index is 12.5. The van der Waals surface area contributed by atoms with Gasteiger partial charge in [0.05, 0.1) is 7.11 Å². The van der Waals surface area contributed by atoms with E-state index in [1.165, 1.54) is 33.3 Å². The number of ether oxygens (including phenoxy) is 1. The lowest BCUT2D eigenvalue weighted by Gasteiger charge is -2.15. The molecular weight excluding hydrogens is 388 g/mol. The van der Waals surface area contributed by atoms with Crippen molar-refractivity contribution in [1.29, 1.82) is 0 Å². The van der Waals surface area contributed by atoms with Crippen LogP contribution in [-0.4, -0.2) is 39.8 Å². The zero-order valence-electron chi connectivity index (χ0n) is 16.4. The zero-order valence-corrected chi connectivity index (χ0v) is 17.2. The van der Waals surface area contributed by atoms with Crippen LogP contribution in [-0.2, 0) is 14.8 Å². The first-order valence-corrected chi connectivity index (χ1v) is 10.3. The molecule has 1 N–H and O–H groups in total. The fourth-order valence-electron chi connectivity index (χ4n) is 2.82. The third-order valence-electron chi connectivity index (χ3n) is 4.39. The molecule has 1 amide bonds. The van der Waals surface area contributed by atoms with Crippen molar-refractivity contribution in [3.63, 3.8) is 0 Å². The predicted molar refractivity (Wildman–Crippen MR) is 115 cm³/mol. The molecule has 0 atom stereocenters. The fraction of sp³-hybridized carbons (Fsp3) is 0.136. The lowest BCUT2D eigenvalue weighted by Crippen LogP contribution is -2.22. The monoisotopic (exact) mass is 410 g/mol. The van der Waals surface area contributed by atoms with Gasteiger partial charge in [0.1, 0.15) is 10.6 Å². The second kappa shape index (κ2) is 8.46. The first-order chi connectivity index (χ1) is 13.8. The topological polar surface area (TPSA) is 75.7 Å². The lowest BCUT2D eigenvalue weighted by molar-refractivity contribution is -0.111. The van der Waals surface area contributed by atoms with Gasteiger partial charge in [0, 0.05) is 25.9 Å². The van der Waals surface area contributed by atoms with Crippen LogP contribution < -0.4 is 10.1 Å². The van der Waals surface area contributed by atoms with Gasteiger partial charge in [-0.2, -0.15) is 0 Å². The summed E-state index contributed by atoms with van der Waals surface area (Å²) in [5.41, 5.74) is 1.25. The van der Waals surface area contributed by atoms with E-state index in [9.17, 15) is 13.2 Å². The maximum absolute atomic E-state index is 12.5. The molecule has 0 radical (unpaired) electrons. The summed E-state index contributed by atoms with van der Waals surface area (Å²) in [6.45, 7) is 0. The third kappa shape index (κ3) is 4.64. The third-order valence-corrected chi connectivity index (χ3v) is 6.23. The number of hydrogen-bond acceptors (Lipinski definition) is 4. The average molecular weight is 410 g/mol. The molecule has 3 aromatic carbocycles. The molecule has 0 spiro atoms. The summed E-state index contributed by atoms with van der Waals surface area (Å²) in [6.07, 6.45) is 2.92. The number of nitrogens with zero attached hydrogens (tertiary/aromatic N) is 1. The van der Waals surface area contributed by atoms with E-state index in [1.807, 2.05) is 42.5 Å². The van der Waals surface area contributed by atoms with Gasteiger partial charge in [-0.25, -0.2) is 12.7 Å². The molecule has 0 saturated heterocycles. The maximum Gasteiger partial charge on any atom is 0.248 e. The Labute approximate surface area is 170 Å². The summed E-state index contributed by atoms with van der Waals surface area (Å²) in [5.74, 6) is -0.0652. The number of benzene rings is 3. The van der Waals surface area contributed by atoms with Gasteiger partial charge >= 0.3 is 0 Å². The van der Waals surface area contributed by atoms with Crippen molar-refractivity contribution in [3.05, 3.63) is 72.3 Å². The normalized spacial score (nSPS) is 11.9. The highest BCUT2D eigenvalue weighted by molar-refractivity contribution is 7.89. The summed E-state index contributed by atoms with van der Waals surface area (Å²) in [7, 11) is 0.642. The molecule has 0 aliphatic carbocycles. The number of carbonyl (C=O) groups excluding carboxylic acids is 1. The number of carbonyl (C=O) groups is 1. The van der Waals surface area contributed by atoms with Gasteiger partial charge in [-0.05, 0) is 46.7 Å². The summed E-state index contributed by atoms with van der Waals surface area (Å²) in [5, 5.41) is 4.94. The smallest absolute Gasteiger partial charge is 0.248 e. The highest BCUT2D eigenvalue weighted by Crippen LogP contribution is 2.27. The molecule has 3 rings (SSSR count). The Hall–Kier alpha value is -3.16. The van der Waals surface area contributed by atoms with E-state index < -0.39 is 10.0 Å². The molecule has 150 valence electrons. The minimum atomic E-state index is -3.68. The van der Waals surface area contributed by atoms with Crippen LogP contribution in [0, 0.1) is 0 Å². The number of anilines is 1. The van der Waals surface area contributed by atoms with Crippen LogP contribution in [0.2, 0.25) is 0 Å². The number of nitrogens with one attached hydrogen (secondary N) is 1. The number of methoxy groups -OCH3 is 1. The van der Waals surface area contributed by atoms with Gasteiger partial charge in [0.25, 0.3) is 0 Å².